The normalized spacial score (nSPS) is 23.1. The summed E-state index contributed by atoms with van der Waals surface area (Å²) < 4.78 is 0. The first-order valence-electron chi connectivity index (χ1n) is 6.30. The Morgan fingerprint density at radius 1 is 1.56 bits per heavy atom. The molecular weight excluding hydrogens is 224 g/mol. The van der Waals surface area contributed by atoms with Crippen LogP contribution in [0, 0.1) is 18.3 Å². The summed E-state index contributed by atoms with van der Waals surface area (Å²) in [6, 6.07) is 7.14. The van der Waals surface area contributed by atoms with Crippen LogP contribution in [-0.4, -0.2) is 18.6 Å². The molecule has 1 aliphatic heterocycles. The van der Waals surface area contributed by atoms with Crippen molar-refractivity contribution in [2.24, 2.45) is 5.92 Å². The molecule has 0 saturated carbocycles. The molecule has 2 N–H and O–H groups in total. The number of benzene rings is 1. The Bertz CT molecular complexity index is 476. The zero-order valence-electron chi connectivity index (χ0n) is 10.6. The second-order valence-corrected chi connectivity index (χ2v) is 4.83. The van der Waals surface area contributed by atoms with E-state index in [1.54, 1.807) is 18.2 Å². The van der Waals surface area contributed by atoms with E-state index in [1.165, 1.54) is 6.42 Å². The molecule has 1 aromatic rings. The van der Waals surface area contributed by atoms with Gasteiger partial charge in [0.2, 0.25) is 0 Å². The summed E-state index contributed by atoms with van der Waals surface area (Å²) in [5.41, 5.74) is 1.35. The summed E-state index contributed by atoms with van der Waals surface area (Å²) in [6.07, 6.45) is 7.53. The second-order valence-electron chi connectivity index (χ2n) is 4.83. The number of terminal acetylenes is 1. The Labute approximate surface area is 108 Å². The van der Waals surface area contributed by atoms with Gasteiger partial charge in [-0.05, 0) is 43.5 Å². The number of hydrogen-bond acceptors (Lipinski definition) is 2. The zero-order chi connectivity index (χ0) is 13.0. The SMILES string of the molecule is C#Cc1cccc(C(=O)NC2CC(C)CCN2)c1. The monoisotopic (exact) mass is 242 g/mol. The van der Waals surface area contributed by atoms with E-state index >= 15 is 0 Å². The van der Waals surface area contributed by atoms with E-state index in [0.29, 0.717) is 11.5 Å². The maximum absolute atomic E-state index is 12.1. The van der Waals surface area contributed by atoms with E-state index in [2.05, 4.69) is 23.5 Å². The van der Waals surface area contributed by atoms with Gasteiger partial charge in [-0.1, -0.05) is 18.9 Å². The molecular formula is C15H18N2O. The molecule has 0 aliphatic carbocycles. The summed E-state index contributed by atoms with van der Waals surface area (Å²) in [5, 5.41) is 6.30. The van der Waals surface area contributed by atoms with Crippen LogP contribution < -0.4 is 10.6 Å². The average Bonchev–Trinajstić information content (AvgIpc) is 2.39. The number of carbonyl (C=O) groups is 1. The Hall–Kier alpha value is -1.79. The van der Waals surface area contributed by atoms with Crippen LogP contribution >= 0.6 is 0 Å². The van der Waals surface area contributed by atoms with Gasteiger partial charge < -0.3 is 5.32 Å². The average molecular weight is 242 g/mol. The van der Waals surface area contributed by atoms with Crippen LogP contribution in [0.3, 0.4) is 0 Å². The predicted molar refractivity (Wildman–Crippen MR) is 72.0 cm³/mol. The van der Waals surface area contributed by atoms with Gasteiger partial charge in [0.05, 0.1) is 6.17 Å². The molecule has 0 spiro atoms. The molecule has 2 rings (SSSR count). The summed E-state index contributed by atoms with van der Waals surface area (Å²) in [4.78, 5) is 12.1. The van der Waals surface area contributed by atoms with Gasteiger partial charge in [0.15, 0.2) is 0 Å². The first kappa shape index (κ1) is 12.7. The van der Waals surface area contributed by atoms with Crippen LogP contribution in [0.1, 0.15) is 35.7 Å². The smallest absolute Gasteiger partial charge is 0.252 e. The number of amides is 1. The van der Waals surface area contributed by atoms with E-state index in [0.717, 1.165) is 18.5 Å². The predicted octanol–water partition coefficient (Wildman–Crippen LogP) is 1.74. The highest BCUT2D eigenvalue weighted by Gasteiger charge is 2.20. The number of nitrogens with one attached hydrogen (secondary N) is 2. The maximum atomic E-state index is 12.1. The Morgan fingerprint density at radius 3 is 3.11 bits per heavy atom. The summed E-state index contributed by atoms with van der Waals surface area (Å²) in [6.45, 7) is 3.16. The van der Waals surface area contributed by atoms with Crippen molar-refractivity contribution in [3.8, 4) is 12.3 Å². The molecule has 2 unspecified atom stereocenters. The third-order valence-electron chi connectivity index (χ3n) is 3.26. The molecule has 3 nitrogen and oxygen atoms in total. The number of hydrogen-bond donors (Lipinski definition) is 2. The van der Waals surface area contributed by atoms with Crippen LogP contribution in [0.4, 0.5) is 0 Å². The molecule has 2 atom stereocenters. The molecule has 1 aromatic carbocycles. The second kappa shape index (κ2) is 5.70. The minimum atomic E-state index is -0.0706. The molecule has 18 heavy (non-hydrogen) atoms. The van der Waals surface area contributed by atoms with Gasteiger partial charge in [-0.25, -0.2) is 0 Å². The summed E-state index contributed by atoms with van der Waals surface area (Å²) in [7, 11) is 0. The van der Waals surface area contributed by atoms with Crippen LogP contribution in [0.2, 0.25) is 0 Å². The molecule has 0 bridgehead atoms. The molecule has 1 fully saturated rings. The molecule has 1 amide bonds. The van der Waals surface area contributed by atoms with Crippen molar-refractivity contribution in [2.45, 2.75) is 25.9 Å². The first-order valence-corrected chi connectivity index (χ1v) is 6.30. The van der Waals surface area contributed by atoms with Gasteiger partial charge in [-0.15, -0.1) is 6.42 Å². The standard InChI is InChI=1S/C15H18N2O/c1-3-12-5-4-6-13(10-12)15(18)17-14-9-11(2)7-8-16-14/h1,4-6,10-11,14,16H,7-9H2,2H3,(H,17,18). The number of carbonyl (C=O) groups excluding carboxylic acids is 1. The lowest BCUT2D eigenvalue weighted by molar-refractivity contribution is 0.0913. The fourth-order valence-corrected chi connectivity index (χ4v) is 2.21. The van der Waals surface area contributed by atoms with Gasteiger partial charge in [-0.3, -0.25) is 10.1 Å². The summed E-state index contributed by atoms with van der Waals surface area (Å²) >= 11 is 0. The van der Waals surface area contributed by atoms with Gasteiger partial charge in [-0.2, -0.15) is 0 Å². The molecule has 3 heteroatoms. The lowest BCUT2D eigenvalue weighted by atomic mass is 9.98. The van der Waals surface area contributed by atoms with Crippen molar-refractivity contribution in [1.82, 2.24) is 10.6 Å². The molecule has 1 saturated heterocycles. The van der Waals surface area contributed by atoms with Crippen molar-refractivity contribution in [2.75, 3.05) is 6.54 Å². The summed E-state index contributed by atoms with van der Waals surface area (Å²) in [5.74, 6) is 3.11. The minimum absolute atomic E-state index is 0.0655. The zero-order valence-corrected chi connectivity index (χ0v) is 10.6. The molecule has 1 aliphatic rings. The highest BCUT2D eigenvalue weighted by atomic mass is 16.1. The molecule has 94 valence electrons. The van der Waals surface area contributed by atoms with E-state index < -0.39 is 0 Å². The number of piperidine rings is 1. The van der Waals surface area contributed by atoms with Crippen LogP contribution in [0.5, 0.6) is 0 Å². The van der Waals surface area contributed by atoms with E-state index in [4.69, 9.17) is 6.42 Å². The lowest BCUT2D eigenvalue weighted by Gasteiger charge is -2.28. The van der Waals surface area contributed by atoms with E-state index in [1.807, 2.05) is 6.07 Å². The van der Waals surface area contributed by atoms with Crippen molar-refractivity contribution < 1.29 is 4.79 Å². The van der Waals surface area contributed by atoms with E-state index in [9.17, 15) is 4.79 Å². The Kier molecular flexibility index (Phi) is 4.01. The number of rotatable bonds is 2. The van der Waals surface area contributed by atoms with Crippen LogP contribution in [-0.2, 0) is 0 Å². The van der Waals surface area contributed by atoms with Gasteiger partial charge in [0, 0.05) is 11.1 Å². The van der Waals surface area contributed by atoms with Gasteiger partial charge in [0.25, 0.3) is 5.91 Å². The van der Waals surface area contributed by atoms with Crippen molar-refractivity contribution in [3.05, 3.63) is 35.4 Å². The molecule has 0 radical (unpaired) electrons. The van der Waals surface area contributed by atoms with Crippen molar-refractivity contribution >= 4 is 5.91 Å². The fraction of sp³-hybridized carbons (Fsp3) is 0.400. The molecule has 0 aromatic heterocycles. The minimum Gasteiger partial charge on any atom is -0.337 e. The van der Waals surface area contributed by atoms with Crippen LogP contribution in [0.15, 0.2) is 24.3 Å². The highest BCUT2D eigenvalue weighted by molar-refractivity contribution is 5.94. The van der Waals surface area contributed by atoms with Crippen molar-refractivity contribution in [3.63, 3.8) is 0 Å². The van der Waals surface area contributed by atoms with Crippen LogP contribution in [0.25, 0.3) is 0 Å². The third kappa shape index (κ3) is 3.12. The quantitative estimate of drug-likeness (QED) is 0.776. The van der Waals surface area contributed by atoms with Crippen molar-refractivity contribution in [1.29, 1.82) is 0 Å². The fourth-order valence-electron chi connectivity index (χ4n) is 2.21. The van der Waals surface area contributed by atoms with Gasteiger partial charge in [0.1, 0.15) is 0 Å². The largest absolute Gasteiger partial charge is 0.337 e. The lowest BCUT2D eigenvalue weighted by Crippen LogP contribution is -2.49. The Morgan fingerprint density at radius 2 is 2.39 bits per heavy atom. The van der Waals surface area contributed by atoms with E-state index in [-0.39, 0.29) is 12.1 Å². The third-order valence-corrected chi connectivity index (χ3v) is 3.26. The maximum Gasteiger partial charge on any atom is 0.252 e. The topological polar surface area (TPSA) is 41.1 Å². The first-order chi connectivity index (χ1) is 8.69. The Balaban J connectivity index is 2.01. The van der Waals surface area contributed by atoms with Gasteiger partial charge >= 0.3 is 0 Å². The molecule has 1 heterocycles. The highest BCUT2D eigenvalue weighted by Crippen LogP contribution is 2.14.